The van der Waals surface area contributed by atoms with Crippen LogP contribution in [-0.2, 0) is 4.79 Å². The van der Waals surface area contributed by atoms with Gasteiger partial charge >= 0.3 is 0 Å². The summed E-state index contributed by atoms with van der Waals surface area (Å²) in [6.45, 7) is 1.33. The quantitative estimate of drug-likeness (QED) is 0.772. The van der Waals surface area contributed by atoms with Crippen molar-refractivity contribution in [3.8, 4) is 0 Å². The minimum atomic E-state index is -0.534. The zero-order valence-corrected chi connectivity index (χ0v) is 7.55. The number of amides is 1. The summed E-state index contributed by atoms with van der Waals surface area (Å²) in [4.78, 5) is 10.5. The van der Waals surface area contributed by atoms with Crippen LogP contribution in [0.4, 0.5) is 8.78 Å². The van der Waals surface area contributed by atoms with E-state index in [0.717, 1.165) is 18.2 Å². The molecule has 0 atom stereocenters. The zero-order valence-electron chi connectivity index (χ0n) is 7.55. The second-order valence-corrected chi connectivity index (χ2v) is 2.70. The Balaban J connectivity index is 2.80. The molecule has 74 valence electrons. The van der Waals surface area contributed by atoms with Gasteiger partial charge in [0.25, 0.3) is 0 Å². The maximum Gasteiger partial charge on any atom is 0.220 e. The van der Waals surface area contributed by atoms with Crippen LogP contribution in [0.5, 0.6) is 0 Å². The molecule has 0 aromatic heterocycles. The van der Waals surface area contributed by atoms with Gasteiger partial charge in [-0.25, -0.2) is 8.78 Å². The summed E-state index contributed by atoms with van der Waals surface area (Å²) in [5.74, 6) is -1.32. The van der Waals surface area contributed by atoms with Crippen LogP contribution in [-0.4, -0.2) is 5.91 Å². The second-order valence-electron chi connectivity index (χ2n) is 2.70. The van der Waals surface area contributed by atoms with Crippen molar-refractivity contribution in [2.24, 2.45) is 0 Å². The average molecular weight is 197 g/mol. The molecule has 1 N–H and O–H groups in total. The number of nitrogens with one attached hydrogen (secondary N) is 1. The Morgan fingerprint density at radius 1 is 1.43 bits per heavy atom. The third kappa shape index (κ3) is 2.97. The molecule has 0 unspecified atom stereocenters. The van der Waals surface area contributed by atoms with E-state index in [0.29, 0.717) is 0 Å². The van der Waals surface area contributed by atoms with Crippen molar-refractivity contribution in [1.29, 1.82) is 0 Å². The topological polar surface area (TPSA) is 29.1 Å². The molecule has 2 nitrogen and oxygen atoms in total. The van der Waals surface area contributed by atoms with Gasteiger partial charge in [0.2, 0.25) is 5.91 Å². The van der Waals surface area contributed by atoms with Gasteiger partial charge in [-0.2, -0.15) is 0 Å². The van der Waals surface area contributed by atoms with Crippen LogP contribution in [0.25, 0.3) is 6.08 Å². The molecule has 0 spiro atoms. The molecule has 1 amide bonds. The molecule has 0 aliphatic rings. The third-order valence-corrected chi connectivity index (χ3v) is 1.51. The molecule has 0 fully saturated rings. The first-order chi connectivity index (χ1) is 6.59. The molecule has 1 aromatic carbocycles. The SMILES string of the molecule is CC(=O)N/C=C/c1cc(F)ccc1F. The van der Waals surface area contributed by atoms with Gasteiger partial charge in [0.15, 0.2) is 0 Å². The van der Waals surface area contributed by atoms with Crippen molar-refractivity contribution in [1.82, 2.24) is 5.32 Å². The summed E-state index contributed by atoms with van der Waals surface area (Å²) < 4.78 is 25.6. The molecule has 0 bridgehead atoms. The fraction of sp³-hybridized carbons (Fsp3) is 0.100. The molecule has 0 radical (unpaired) electrons. The van der Waals surface area contributed by atoms with Crippen LogP contribution < -0.4 is 5.32 Å². The summed E-state index contributed by atoms with van der Waals surface area (Å²) in [6, 6.07) is 3.11. The van der Waals surface area contributed by atoms with Gasteiger partial charge in [-0.15, -0.1) is 0 Å². The molecule has 0 saturated carbocycles. The lowest BCUT2D eigenvalue weighted by Gasteiger charge is -1.96. The fourth-order valence-electron chi connectivity index (χ4n) is 0.891. The number of rotatable bonds is 2. The Hall–Kier alpha value is -1.71. The van der Waals surface area contributed by atoms with E-state index in [2.05, 4.69) is 5.32 Å². The predicted molar refractivity (Wildman–Crippen MR) is 49.2 cm³/mol. The van der Waals surface area contributed by atoms with Gasteiger partial charge < -0.3 is 5.32 Å². The highest BCUT2D eigenvalue weighted by Crippen LogP contribution is 2.10. The first-order valence-electron chi connectivity index (χ1n) is 3.98. The van der Waals surface area contributed by atoms with Crippen molar-refractivity contribution in [2.75, 3.05) is 0 Å². The van der Waals surface area contributed by atoms with Gasteiger partial charge in [-0.05, 0) is 24.3 Å². The van der Waals surface area contributed by atoms with Crippen LogP contribution in [0.1, 0.15) is 12.5 Å². The van der Waals surface area contributed by atoms with Crippen LogP contribution in [0.2, 0.25) is 0 Å². The highest BCUT2D eigenvalue weighted by molar-refractivity contribution is 5.74. The van der Waals surface area contributed by atoms with Crippen molar-refractivity contribution in [3.63, 3.8) is 0 Å². The standard InChI is InChI=1S/C10H9F2NO/c1-7(14)13-5-4-8-6-9(11)2-3-10(8)12/h2-6H,1H3,(H,13,14)/b5-4+. The summed E-state index contributed by atoms with van der Waals surface area (Å²) in [5, 5.41) is 2.33. The summed E-state index contributed by atoms with van der Waals surface area (Å²) >= 11 is 0. The van der Waals surface area contributed by atoms with Gasteiger partial charge in [0.1, 0.15) is 11.6 Å². The summed E-state index contributed by atoms with van der Waals surface area (Å²) in [7, 11) is 0. The lowest BCUT2D eigenvalue weighted by molar-refractivity contribution is -0.118. The smallest absolute Gasteiger partial charge is 0.220 e. The van der Waals surface area contributed by atoms with Crippen molar-refractivity contribution in [2.45, 2.75) is 6.92 Å². The Bertz CT molecular complexity index is 374. The van der Waals surface area contributed by atoms with E-state index in [4.69, 9.17) is 0 Å². The molecule has 0 aliphatic carbocycles. The fourth-order valence-corrected chi connectivity index (χ4v) is 0.891. The van der Waals surface area contributed by atoms with Crippen LogP contribution in [0.15, 0.2) is 24.4 Å². The minimum absolute atomic E-state index is 0.0961. The van der Waals surface area contributed by atoms with E-state index in [1.165, 1.54) is 19.2 Å². The molecular formula is C10H9F2NO. The zero-order chi connectivity index (χ0) is 10.6. The number of carbonyl (C=O) groups is 1. The first kappa shape index (κ1) is 10.4. The maximum atomic E-state index is 13.0. The number of benzene rings is 1. The van der Waals surface area contributed by atoms with E-state index in [-0.39, 0.29) is 11.5 Å². The maximum absolute atomic E-state index is 13.0. The van der Waals surface area contributed by atoms with E-state index in [1.807, 2.05) is 0 Å². The van der Waals surface area contributed by atoms with E-state index >= 15 is 0 Å². The first-order valence-corrected chi connectivity index (χ1v) is 3.98. The number of carbonyl (C=O) groups excluding carboxylic acids is 1. The monoisotopic (exact) mass is 197 g/mol. The molecule has 0 aliphatic heterocycles. The number of halogens is 2. The van der Waals surface area contributed by atoms with Gasteiger partial charge in [0.05, 0.1) is 0 Å². The highest BCUT2D eigenvalue weighted by atomic mass is 19.1. The minimum Gasteiger partial charge on any atom is -0.333 e. The third-order valence-electron chi connectivity index (χ3n) is 1.51. The largest absolute Gasteiger partial charge is 0.333 e. The predicted octanol–water partition coefficient (Wildman–Crippen LogP) is 2.07. The van der Waals surface area contributed by atoms with E-state index in [9.17, 15) is 13.6 Å². The van der Waals surface area contributed by atoms with Gasteiger partial charge in [0, 0.05) is 18.7 Å². The lowest BCUT2D eigenvalue weighted by Crippen LogP contribution is -2.11. The van der Waals surface area contributed by atoms with Crippen LogP contribution in [0.3, 0.4) is 0 Å². The highest BCUT2D eigenvalue weighted by Gasteiger charge is 1.99. The molecule has 0 saturated heterocycles. The Kier molecular flexibility index (Phi) is 3.34. The normalized spacial score (nSPS) is 10.5. The Morgan fingerprint density at radius 3 is 2.79 bits per heavy atom. The number of hydrogen-bond donors (Lipinski definition) is 1. The lowest BCUT2D eigenvalue weighted by atomic mass is 10.2. The molecule has 1 aromatic rings. The molecule has 4 heteroatoms. The van der Waals surface area contributed by atoms with E-state index < -0.39 is 11.6 Å². The molecule has 0 heterocycles. The van der Waals surface area contributed by atoms with Crippen LogP contribution >= 0.6 is 0 Å². The average Bonchev–Trinajstić information content (AvgIpc) is 2.10. The molecule has 1 rings (SSSR count). The van der Waals surface area contributed by atoms with Gasteiger partial charge in [-0.3, -0.25) is 4.79 Å². The van der Waals surface area contributed by atoms with Crippen LogP contribution in [0, 0.1) is 11.6 Å². The van der Waals surface area contributed by atoms with Crippen molar-refractivity contribution < 1.29 is 13.6 Å². The Morgan fingerprint density at radius 2 is 2.14 bits per heavy atom. The second kappa shape index (κ2) is 4.50. The summed E-state index contributed by atoms with van der Waals surface area (Å²) in [5.41, 5.74) is 0.0961. The van der Waals surface area contributed by atoms with Crippen molar-refractivity contribution in [3.05, 3.63) is 41.6 Å². The van der Waals surface area contributed by atoms with Crippen molar-refractivity contribution >= 4 is 12.0 Å². The Labute approximate surface area is 80.2 Å². The molecular weight excluding hydrogens is 188 g/mol. The van der Waals surface area contributed by atoms with Gasteiger partial charge in [-0.1, -0.05) is 0 Å². The number of hydrogen-bond acceptors (Lipinski definition) is 1. The van der Waals surface area contributed by atoms with E-state index in [1.54, 1.807) is 0 Å². The summed E-state index contributed by atoms with van der Waals surface area (Å²) in [6.07, 6.45) is 2.56. The molecule has 14 heavy (non-hydrogen) atoms.